The topological polar surface area (TPSA) is 29.5 Å². The van der Waals surface area contributed by atoms with Gasteiger partial charge in [-0.3, -0.25) is 0 Å². The summed E-state index contributed by atoms with van der Waals surface area (Å²) < 4.78 is 31.0. The summed E-state index contributed by atoms with van der Waals surface area (Å²) >= 11 is 0. The maximum Gasteiger partial charge on any atom is 0.191 e. The van der Waals surface area contributed by atoms with Gasteiger partial charge in [0, 0.05) is 0 Å². The number of hydrogen-bond acceptors (Lipinski definition) is 2. The SMILES string of the molecule is CC(O)C(C)Oc1c(F)cccc1F. The molecular weight excluding hydrogens is 190 g/mol. The van der Waals surface area contributed by atoms with Crippen molar-refractivity contribution in [3.05, 3.63) is 29.8 Å². The maximum atomic E-state index is 13.0. The van der Waals surface area contributed by atoms with E-state index >= 15 is 0 Å². The second-order valence-electron chi connectivity index (χ2n) is 3.11. The van der Waals surface area contributed by atoms with Crippen molar-refractivity contribution in [2.24, 2.45) is 0 Å². The Balaban J connectivity index is 2.85. The molecule has 78 valence electrons. The van der Waals surface area contributed by atoms with Crippen LogP contribution >= 0.6 is 0 Å². The van der Waals surface area contributed by atoms with Gasteiger partial charge < -0.3 is 9.84 Å². The van der Waals surface area contributed by atoms with Crippen LogP contribution in [0.15, 0.2) is 18.2 Å². The summed E-state index contributed by atoms with van der Waals surface area (Å²) in [6.45, 7) is 3.03. The molecule has 2 atom stereocenters. The van der Waals surface area contributed by atoms with Crippen LogP contribution in [0.2, 0.25) is 0 Å². The van der Waals surface area contributed by atoms with E-state index in [9.17, 15) is 8.78 Å². The van der Waals surface area contributed by atoms with Crippen molar-refractivity contribution in [1.29, 1.82) is 0 Å². The summed E-state index contributed by atoms with van der Waals surface area (Å²) in [6, 6.07) is 3.46. The lowest BCUT2D eigenvalue weighted by Gasteiger charge is -2.17. The third kappa shape index (κ3) is 2.42. The third-order valence-electron chi connectivity index (χ3n) is 1.90. The van der Waals surface area contributed by atoms with Crippen LogP contribution in [0.25, 0.3) is 0 Å². The first-order valence-corrected chi connectivity index (χ1v) is 4.31. The first-order valence-electron chi connectivity index (χ1n) is 4.31. The van der Waals surface area contributed by atoms with Crippen LogP contribution in [-0.2, 0) is 0 Å². The van der Waals surface area contributed by atoms with Crippen LogP contribution in [0, 0.1) is 11.6 Å². The van der Waals surface area contributed by atoms with Gasteiger partial charge in [0.25, 0.3) is 0 Å². The van der Waals surface area contributed by atoms with Crippen LogP contribution in [-0.4, -0.2) is 17.3 Å². The average Bonchev–Trinajstić information content (AvgIpc) is 2.11. The number of aliphatic hydroxyl groups excluding tert-OH is 1. The van der Waals surface area contributed by atoms with E-state index in [0.29, 0.717) is 0 Å². The molecule has 0 saturated carbocycles. The Morgan fingerprint density at radius 3 is 2.14 bits per heavy atom. The molecule has 0 aliphatic heterocycles. The van der Waals surface area contributed by atoms with E-state index in [2.05, 4.69) is 0 Å². The number of benzene rings is 1. The van der Waals surface area contributed by atoms with Crippen molar-refractivity contribution < 1.29 is 18.6 Å². The normalized spacial score (nSPS) is 14.9. The summed E-state index contributed by atoms with van der Waals surface area (Å²) in [5.74, 6) is -1.98. The highest BCUT2D eigenvalue weighted by Crippen LogP contribution is 2.22. The number of aliphatic hydroxyl groups is 1. The Kier molecular flexibility index (Phi) is 3.41. The first-order chi connectivity index (χ1) is 6.52. The zero-order valence-electron chi connectivity index (χ0n) is 8.00. The fourth-order valence-electron chi connectivity index (χ4n) is 0.879. The Bertz CT molecular complexity index is 293. The number of ether oxygens (including phenoxy) is 1. The van der Waals surface area contributed by atoms with Gasteiger partial charge >= 0.3 is 0 Å². The number of rotatable bonds is 3. The summed E-state index contributed by atoms with van der Waals surface area (Å²) in [7, 11) is 0. The van der Waals surface area contributed by atoms with Gasteiger partial charge in [-0.05, 0) is 26.0 Å². The fourth-order valence-corrected chi connectivity index (χ4v) is 0.879. The molecule has 0 aliphatic rings. The minimum Gasteiger partial charge on any atom is -0.482 e. The smallest absolute Gasteiger partial charge is 0.191 e. The summed E-state index contributed by atoms with van der Waals surface area (Å²) in [4.78, 5) is 0. The van der Waals surface area contributed by atoms with Gasteiger partial charge in [-0.25, -0.2) is 8.78 Å². The molecule has 2 unspecified atom stereocenters. The molecule has 1 rings (SSSR count). The van der Waals surface area contributed by atoms with E-state index in [4.69, 9.17) is 9.84 Å². The van der Waals surface area contributed by atoms with Gasteiger partial charge in [-0.2, -0.15) is 0 Å². The molecule has 1 aromatic rings. The highest BCUT2D eigenvalue weighted by molar-refractivity contribution is 5.26. The van der Waals surface area contributed by atoms with Gasteiger partial charge in [-0.1, -0.05) is 6.07 Å². The molecule has 0 heterocycles. The van der Waals surface area contributed by atoms with Crippen molar-refractivity contribution in [3.63, 3.8) is 0 Å². The zero-order valence-corrected chi connectivity index (χ0v) is 8.00. The van der Waals surface area contributed by atoms with E-state index in [1.807, 2.05) is 0 Å². The molecule has 0 saturated heterocycles. The predicted octanol–water partition coefficient (Wildman–Crippen LogP) is 2.11. The molecule has 14 heavy (non-hydrogen) atoms. The van der Waals surface area contributed by atoms with Gasteiger partial charge in [-0.15, -0.1) is 0 Å². The molecule has 2 nitrogen and oxygen atoms in total. The number of halogens is 2. The van der Waals surface area contributed by atoms with Crippen LogP contribution < -0.4 is 4.74 Å². The minimum absolute atomic E-state index is 0.444. The van der Waals surface area contributed by atoms with Crippen molar-refractivity contribution in [2.45, 2.75) is 26.1 Å². The molecule has 0 aromatic heterocycles. The molecule has 0 fully saturated rings. The quantitative estimate of drug-likeness (QED) is 0.813. The van der Waals surface area contributed by atoms with Crippen LogP contribution in [0.1, 0.15) is 13.8 Å². The van der Waals surface area contributed by atoms with E-state index < -0.39 is 29.6 Å². The highest BCUT2D eigenvalue weighted by Gasteiger charge is 2.16. The largest absolute Gasteiger partial charge is 0.482 e. The Hall–Kier alpha value is -1.16. The van der Waals surface area contributed by atoms with Gasteiger partial charge in [0.2, 0.25) is 0 Å². The van der Waals surface area contributed by atoms with E-state index in [1.165, 1.54) is 19.9 Å². The molecule has 0 bridgehead atoms. The monoisotopic (exact) mass is 202 g/mol. The molecule has 0 amide bonds. The second-order valence-corrected chi connectivity index (χ2v) is 3.11. The Labute approximate surface area is 81.1 Å². The van der Waals surface area contributed by atoms with Gasteiger partial charge in [0.1, 0.15) is 6.10 Å². The average molecular weight is 202 g/mol. The lowest BCUT2D eigenvalue weighted by atomic mass is 10.2. The lowest BCUT2D eigenvalue weighted by molar-refractivity contribution is 0.0551. The lowest BCUT2D eigenvalue weighted by Crippen LogP contribution is -2.26. The van der Waals surface area contributed by atoms with Crippen LogP contribution in [0.3, 0.4) is 0 Å². The molecule has 0 radical (unpaired) electrons. The first kappa shape index (κ1) is 10.9. The van der Waals surface area contributed by atoms with E-state index in [0.717, 1.165) is 12.1 Å². The fraction of sp³-hybridized carbons (Fsp3) is 0.400. The van der Waals surface area contributed by atoms with Gasteiger partial charge in [0.05, 0.1) is 6.10 Å². The maximum absolute atomic E-state index is 13.0. The van der Waals surface area contributed by atoms with E-state index in [1.54, 1.807) is 0 Å². The Morgan fingerprint density at radius 1 is 1.21 bits per heavy atom. The Morgan fingerprint density at radius 2 is 1.71 bits per heavy atom. The highest BCUT2D eigenvalue weighted by atomic mass is 19.1. The van der Waals surface area contributed by atoms with Crippen molar-refractivity contribution in [3.8, 4) is 5.75 Å². The summed E-state index contributed by atoms with van der Waals surface area (Å²) in [5.41, 5.74) is 0. The standard InChI is InChI=1S/C10H12F2O2/c1-6(13)7(2)14-10-8(11)4-3-5-9(10)12/h3-7,13H,1-2H3. The van der Waals surface area contributed by atoms with E-state index in [-0.39, 0.29) is 0 Å². The van der Waals surface area contributed by atoms with Crippen LogP contribution in [0.5, 0.6) is 5.75 Å². The number of hydrogen-bond donors (Lipinski definition) is 1. The molecular formula is C10H12F2O2. The van der Waals surface area contributed by atoms with Crippen molar-refractivity contribution in [2.75, 3.05) is 0 Å². The number of para-hydroxylation sites is 1. The van der Waals surface area contributed by atoms with Crippen molar-refractivity contribution >= 4 is 0 Å². The minimum atomic E-state index is -0.783. The molecule has 0 aliphatic carbocycles. The second kappa shape index (κ2) is 4.37. The van der Waals surface area contributed by atoms with Crippen molar-refractivity contribution in [1.82, 2.24) is 0 Å². The zero-order chi connectivity index (χ0) is 10.7. The third-order valence-corrected chi connectivity index (χ3v) is 1.90. The predicted molar refractivity (Wildman–Crippen MR) is 48.1 cm³/mol. The molecule has 1 aromatic carbocycles. The molecule has 1 N–H and O–H groups in total. The summed E-state index contributed by atoms with van der Waals surface area (Å²) in [6.07, 6.45) is -1.43. The van der Waals surface area contributed by atoms with Crippen LogP contribution in [0.4, 0.5) is 8.78 Å². The molecule has 4 heteroatoms. The molecule has 0 spiro atoms. The summed E-state index contributed by atoms with van der Waals surface area (Å²) in [5, 5.41) is 9.09. The van der Waals surface area contributed by atoms with Gasteiger partial charge in [0.15, 0.2) is 17.4 Å².